The van der Waals surface area contributed by atoms with Crippen LogP contribution in [0.3, 0.4) is 0 Å². The van der Waals surface area contributed by atoms with E-state index < -0.39 is 0 Å². The van der Waals surface area contributed by atoms with Crippen molar-refractivity contribution in [3.05, 3.63) is 59.6 Å². The molecule has 1 amide bonds. The first-order valence-electron chi connectivity index (χ1n) is 7.69. The van der Waals surface area contributed by atoms with Gasteiger partial charge in [0.1, 0.15) is 5.75 Å². The first kappa shape index (κ1) is 18.8. The number of anilines is 1. The summed E-state index contributed by atoms with van der Waals surface area (Å²) in [5, 5.41) is 16.4. The average Bonchev–Trinajstić information content (AvgIpc) is 2.92. The van der Waals surface area contributed by atoms with E-state index in [1.165, 1.54) is 17.3 Å². The third-order valence-electron chi connectivity index (χ3n) is 3.74. The van der Waals surface area contributed by atoms with Gasteiger partial charge in [-0.2, -0.15) is 0 Å². The van der Waals surface area contributed by atoms with Crippen molar-refractivity contribution >= 4 is 74.6 Å². The number of carbonyl (C=O) groups is 1. The van der Waals surface area contributed by atoms with Gasteiger partial charge in [-0.3, -0.25) is 4.79 Å². The minimum atomic E-state index is -0.227. The van der Waals surface area contributed by atoms with Crippen molar-refractivity contribution in [3.63, 3.8) is 0 Å². The maximum Gasteiger partial charge on any atom is 0.260 e. The van der Waals surface area contributed by atoms with Gasteiger partial charge in [-0.1, -0.05) is 30.8 Å². The Labute approximate surface area is 178 Å². The lowest BCUT2D eigenvalue weighted by atomic mass is 10.1. The summed E-state index contributed by atoms with van der Waals surface area (Å²) in [5.41, 5.74) is 2.66. The Hall–Kier alpha value is -0.940. The predicted molar refractivity (Wildman–Crippen MR) is 120 cm³/mol. The van der Waals surface area contributed by atoms with Crippen LogP contribution in [0.5, 0.6) is 5.75 Å². The van der Waals surface area contributed by atoms with Crippen LogP contribution in [0.1, 0.15) is 18.1 Å². The van der Waals surface area contributed by atoms with E-state index >= 15 is 0 Å². The molecule has 0 unspecified atom stereocenters. The lowest BCUT2D eigenvalue weighted by molar-refractivity contribution is -0.116. The molecule has 3 rings (SSSR count). The number of phenols is 1. The molecule has 1 aliphatic heterocycles. The van der Waals surface area contributed by atoms with Gasteiger partial charge >= 0.3 is 0 Å². The zero-order valence-electron chi connectivity index (χ0n) is 13.3. The fourth-order valence-electron chi connectivity index (χ4n) is 2.39. The van der Waals surface area contributed by atoms with Gasteiger partial charge in [0.05, 0.1) is 8.48 Å². The van der Waals surface area contributed by atoms with Crippen molar-refractivity contribution in [1.82, 2.24) is 5.32 Å². The summed E-state index contributed by atoms with van der Waals surface area (Å²) in [7, 11) is 0. The Bertz CT molecular complexity index is 838. The van der Waals surface area contributed by atoms with Crippen LogP contribution in [0, 0.1) is 7.14 Å². The number of rotatable bonds is 4. The summed E-state index contributed by atoms with van der Waals surface area (Å²) in [6.07, 6.45) is 2.74. The summed E-state index contributed by atoms with van der Waals surface area (Å²) in [5.74, 6) is 0.0643. The Morgan fingerprint density at radius 1 is 1.28 bits per heavy atom. The average molecular weight is 578 g/mol. The lowest BCUT2D eigenvalue weighted by Crippen LogP contribution is -2.30. The van der Waals surface area contributed by atoms with Crippen molar-refractivity contribution in [2.24, 2.45) is 0 Å². The highest BCUT2D eigenvalue weighted by Crippen LogP contribution is 2.34. The van der Waals surface area contributed by atoms with Crippen molar-refractivity contribution in [1.29, 1.82) is 0 Å². The smallest absolute Gasteiger partial charge is 0.260 e. The van der Waals surface area contributed by atoms with E-state index in [1.54, 1.807) is 6.08 Å². The largest absolute Gasteiger partial charge is 0.506 e. The zero-order chi connectivity index (χ0) is 18.0. The van der Waals surface area contributed by atoms with Gasteiger partial charge in [0, 0.05) is 14.8 Å². The molecule has 0 bridgehead atoms. The SMILES string of the molecule is CCc1ccc(N[C@H]2NC(=O)/C(=C/c3cc(I)cc(I)c3O)S2)cc1. The fraction of sp³-hybridized carbons (Fsp3) is 0.167. The second-order valence-electron chi connectivity index (χ2n) is 5.50. The molecule has 4 nitrogen and oxygen atoms in total. The third kappa shape index (κ3) is 4.62. The zero-order valence-corrected chi connectivity index (χ0v) is 18.5. The number of hydrogen-bond donors (Lipinski definition) is 3. The van der Waals surface area contributed by atoms with Crippen LogP contribution in [0.25, 0.3) is 6.08 Å². The first-order chi connectivity index (χ1) is 12.0. The molecular weight excluding hydrogens is 562 g/mol. The first-order valence-corrected chi connectivity index (χ1v) is 10.7. The number of aromatic hydroxyl groups is 1. The van der Waals surface area contributed by atoms with Crippen LogP contribution in [0.2, 0.25) is 0 Å². The topological polar surface area (TPSA) is 61.4 Å². The fourth-order valence-corrected chi connectivity index (χ4v) is 5.26. The highest BCUT2D eigenvalue weighted by atomic mass is 127. The molecule has 2 aromatic carbocycles. The van der Waals surface area contributed by atoms with Crippen LogP contribution in [0.15, 0.2) is 41.3 Å². The Morgan fingerprint density at radius 3 is 2.68 bits per heavy atom. The molecule has 0 spiro atoms. The number of phenolic OH excluding ortho intramolecular Hbond substituents is 1. The number of halogens is 2. The summed E-state index contributed by atoms with van der Waals surface area (Å²) < 4.78 is 1.78. The van der Waals surface area contributed by atoms with Gasteiger partial charge in [0.15, 0.2) is 5.50 Å². The molecule has 0 radical (unpaired) electrons. The van der Waals surface area contributed by atoms with Crippen molar-refractivity contribution in [2.75, 3.05) is 5.32 Å². The molecule has 0 saturated carbocycles. The van der Waals surface area contributed by atoms with E-state index in [2.05, 4.69) is 74.9 Å². The monoisotopic (exact) mass is 578 g/mol. The molecular formula is C18H16I2N2O2S. The predicted octanol–water partition coefficient (Wildman–Crippen LogP) is 4.76. The van der Waals surface area contributed by atoms with Crippen LogP contribution >= 0.6 is 56.9 Å². The Balaban J connectivity index is 1.76. The molecule has 1 aliphatic rings. The summed E-state index contributed by atoms with van der Waals surface area (Å²) >= 11 is 5.70. The minimum absolute atomic E-state index is 0.138. The summed E-state index contributed by atoms with van der Waals surface area (Å²) in [6, 6.07) is 11.9. The van der Waals surface area contributed by atoms with Gasteiger partial charge < -0.3 is 15.7 Å². The maximum atomic E-state index is 12.2. The molecule has 0 aliphatic carbocycles. The van der Waals surface area contributed by atoms with Gasteiger partial charge in [-0.25, -0.2) is 0 Å². The quantitative estimate of drug-likeness (QED) is 0.362. The van der Waals surface area contributed by atoms with Crippen LogP contribution in [-0.4, -0.2) is 16.5 Å². The number of thioether (sulfide) groups is 1. The molecule has 7 heteroatoms. The second kappa shape index (κ2) is 8.17. The van der Waals surface area contributed by atoms with Gasteiger partial charge in [-0.05, 0) is 87.5 Å². The third-order valence-corrected chi connectivity index (χ3v) is 6.21. The van der Waals surface area contributed by atoms with Gasteiger partial charge in [0.2, 0.25) is 0 Å². The van der Waals surface area contributed by atoms with Crippen LogP contribution in [-0.2, 0) is 11.2 Å². The number of aryl methyl sites for hydroxylation is 1. The molecule has 2 aromatic rings. The highest BCUT2D eigenvalue weighted by molar-refractivity contribution is 14.1. The molecule has 0 aromatic heterocycles. The molecule has 1 fully saturated rings. The molecule has 1 heterocycles. The number of hydrogen-bond acceptors (Lipinski definition) is 4. The van der Waals surface area contributed by atoms with Crippen molar-refractivity contribution < 1.29 is 9.90 Å². The molecule has 3 N–H and O–H groups in total. The van der Waals surface area contributed by atoms with Crippen LogP contribution in [0.4, 0.5) is 5.69 Å². The standard InChI is InChI=1S/C18H16I2N2O2S/c1-2-10-3-5-13(6-4-10)21-18-22-17(24)15(25-18)8-11-7-12(19)9-14(20)16(11)23/h3-9,18,21,23H,2H2,1H3,(H,22,24)/b15-8-/t18-/m0/s1. The Morgan fingerprint density at radius 2 is 2.00 bits per heavy atom. The second-order valence-corrected chi connectivity index (χ2v) is 9.05. The summed E-state index contributed by atoms with van der Waals surface area (Å²) in [6.45, 7) is 2.12. The van der Waals surface area contributed by atoms with Crippen LogP contribution < -0.4 is 10.6 Å². The molecule has 130 valence electrons. The van der Waals surface area contributed by atoms with E-state index in [4.69, 9.17) is 0 Å². The highest BCUT2D eigenvalue weighted by Gasteiger charge is 2.27. The van der Waals surface area contributed by atoms with E-state index in [0.717, 1.165) is 19.2 Å². The molecule has 1 saturated heterocycles. The molecule has 25 heavy (non-hydrogen) atoms. The van der Waals surface area contributed by atoms with Crippen molar-refractivity contribution in [3.8, 4) is 5.75 Å². The van der Waals surface area contributed by atoms with Gasteiger partial charge in [0.25, 0.3) is 5.91 Å². The van der Waals surface area contributed by atoms with Crippen molar-refractivity contribution in [2.45, 2.75) is 18.8 Å². The molecule has 1 atom stereocenters. The number of nitrogens with one attached hydrogen (secondary N) is 2. The minimum Gasteiger partial charge on any atom is -0.506 e. The number of amides is 1. The van der Waals surface area contributed by atoms with E-state index in [9.17, 15) is 9.90 Å². The summed E-state index contributed by atoms with van der Waals surface area (Å²) in [4.78, 5) is 12.8. The Kier molecular flexibility index (Phi) is 6.16. The normalized spacial score (nSPS) is 18.4. The van der Waals surface area contributed by atoms with Gasteiger partial charge in [-0.15, -0.1) is 0 Å². The van der Waals surface area contributed by atoms with E-state index in [1.807, 2.05) is 24.3 Å². The van der Waals surface area contributed by atoms with E-state index in [0.29, 0.717) is 10.5 Å². The van der Waals surface area contributed by atoms with E-state index in [-0.39, 0.29) is 17.2 Å². The maximum absolute atomic E-state index is 12.2. The number of benzene rings is 2. The lowest BCUT2D eigenvalue weighted by Gasteiger charge is -2.12. The number of carbonyl (C=O) groups excluding carboxylic acids is 1.